The Morgan fingerprint density at radius 2 is 2.06 bits per heavy atom. The van der Waals surface area contributed by atoms with Crippen LogP contribution in [-0.4, -0.2) is 57.6 Å². The molecule has 100 valence electrons. The van der Waals surface area contributed by atoms with Gasteiger partial charge in [0.2, 0.25) is 0 Å². The zero-order chi connectivity index (χ0) is 13.3. The van der Waals surface area contributed by atoms with Crippen molar-refractivity contribution in [3.8, 4) is 0 Å². The zero-order valence-corrected chi connectivity index (χ0v) is 10.5. The molecule has 0 fully saturated rings. The molecule has 1 unspecified atom stereocenters. The molecule has 0 saturated heterocycles. The number of carbonyl (C=O) groups is 2. The summed E-state index contributed by atoms with van der Waals surface area (Å²) in [5.41, 5.74) is 0. The van der Waals surface area contributed by atoms with Gasteiger partial charge in [0.15, 0.2) is 0 Å². The lowest BCUT2D eigenvalue weighted by Gasteiger charge is -2.13. The van der Waals surface area contributed by atoms with Crippen LogP contribution in [0, 0.1) is 0 Å². The van der Waals surface area contributed by atoms with Crippen LogP contribution in [0.3, 0.4) is 0 Å². The van der Waals surface area contributed by atoms with Crippen LogP contribution in [0.5, 0.6) is 0 Å². The fourth-order valence-electron chi connectivity index (χ4n) is 1.07. The monoisotopic (exact) mass is 266 g/mol. The molecule has 7 nitrogen and oxygen atoms in total. The fraction of sp³-hybridized carbons (Fsp3) is 0.778. The number of rotatable bonds is 8. The molecule has 0 aromatic rings. The van der Waals surface area contributed by atoms with Gasteiger partial charge in [0.25, 0.3) is 0 Å². The molecule has 0 spiro atoms. The maximum Gasteiger partial charge on any atom is 0.326 e. The molecule has 0 aliphatic carbocycles. The third-order valence-electron chi connectivity index (χ3n) is 1.92. The molecule has 0 aromatic heterocycles. The number of nitrogens with one attached hydrogen (secondary N) is 2. The van der Waals surface area contributed by atoms with E-state index in [-0.39, 0.29) is 13.0 Å². The number of carbonyl (C=O) groups excluding carboxylic acids is 1. The van der Waals surface area contributed by atoms with Crippen molar-refractivity contribution in [1.29, 1.82) is 0 Å². The Hall–Kier alpha value is -1.15. The van der Waals surface area contributed by atoms with Gasteiger partial charge in [0, 0.05) is 42.4 Å². The molecule has 0 aliphatic heterocycles. The number of carboxylic acid groups (broad SMARTS) is 1. The highest BCUT2D eigenvalue weighted by atomic mass is 32.2. The van der Waals surface area contributed by atoms with Gasteiger partial charge in [-0.05, 0) is 6.42 Å². The topological polar surface area (TPSA) is 116 Å². The lowest BCUT2D eigenvalue weighted by molar-refractivity contribution is -0.139. The van der Waals surface area contributed by atoms with Gasteiger partial charge in [-0.1, -0.05) is 0 Å². The molecule has 0 bridgehead atoms. The van der Waals surface area contributed by atoms with Gasteiger partial charge in [-0.3, -0.25) is 4.21 Å². The summed E-state index contributed by atoms with van der Waals surface area (Å²) in [6, 6.07) is -1.70. The van der Waals surface area contributed by atoms with E-state index in [2.05, 4.69) is 10.6 Å². The summed E-state index contributed by atoms with van der Waals surface area (Å²) in [5.74, 6) is -0.705. The second-order valence-electron chi connectivity index (χ2n) is 3.43. The number of aliphatic carboxylic acids is 1. The molecule has 4 N–H and O–H groups in total. The van der Waals surface area contributed by atoms with Crippen LogP contribution >= 0.6 is 0 Å². The Morgan fingerprint density at radius 1 is 1.41 bits per heavy atom. The highest BCUT2D eigenvalue weighted by Gasteiger charge is 2.18. The number of aliphatic hydroxyl groups is 1. The van der Waals surface area contributed by atoms with Crippen molar-refractivity contribution in [2.24, 2.45) is 0 Å². The highest BCUT2D eigenvalue weighted by molar-refractivity contribution is 7.84. The first kappa shape index (κ1) is 15.9. The number of hydrogen-bond acceptors (Lipinski definition) is 4. The van der Waals surface area contributed by atoms with Crippen LogP contribution in [0.15, 0.2) is 0 Å². The first-order valence-corrected chi connectivity index (χ1v) is 6.88. The Kier molecular flexibility index (Phi) is 8.34. The minimum Gasteiger partial charge on any atom is -0.480 e. The van der Waals surface area contributed by atoms with Gasteiger partial charge in [-0.15, -0.1) is 0 Å². The molecule has 0 heterocycles. The minimum atomic E-state index is -1.19. The summed E-state index contributed by atoms with van der Waals surface area (Å²) in [5, 5.41) is 22.0. The first-order valence-electron chi connectivity index (χ1n) is 5.15. The van der Waals surface area contributed by atoms with E-state index < -0.39 is 28.8 Å². The predicted octanol–water partition coefficient (Wildman–Crippen LogP) is -1.11. The average Bonchev–Trinajstić information content (AvgIpc) is 2.23. The predicted molar refractivity (Wildman–Crippen MR) is 63.2 cm³/mol. The molecular formula is C9H18N2O5S. The van der Waals surface area contributed by atoms with Gasteiger partial charge in [-0.25, -0.2) is 9.59 Å². The van der Waals surface area contributed by atoms with Gasteiger partial charge in [-0.2, -0.15) is 0 Å². The average molecular weight is 266 g/mol. The standard InChI is InChI=1S/C9H18N2O5S/c1-17(16)6-2-4-10-9(15)11-7(3-5-12)8(13)14/h7,12H,2-6H2,1H3,(H,13,14)(H2,10,11,15)/t7-,17?/m1/s1. The van der Waals surface area contributed by atoms with E-state index in [9.17, 15) is 13.8 Å². The van der Waals surface area contributed by atoms with Crippen molar-refractivity contribution < 1.29 is 24.0 Å². The Balaban J connectivity index is 3.82. The maximum absolute atomic E-state index is 11.2. The largest absolute Gasteiger partial charge is 0.480 e. The number of hydrogen-bond donors (Lipinski definition) is 4. The second kappa shape index (κ2) is 8.94. The first-order chi connectivity index (χ1) is 7.97. The van der Waals surface area contributed by atoms with Crippen molar-refractivity contribution >= 4 is 22.8 Å². The third kappa shape index (κ3) is 8.64. The molecule has 2 atom stereocenters. The Bertz CT molecular complexity index is 285. The van der Waals surface area contributed by atoms with Crippen molar-refractivity contribution in [2.75, 3.05) is 25.2 Å². The van der Waals surface area contributed by atoms with E-state index in [1.54, 1.807) is 6.26 Å². The summed E-state index contributed by atoms with van der Waals surface area (Å²) < 4.78 is 10.7. The van der Waals surface area contributed by atoms with Gasteiger partial charge >= 0.3 is 12.0 Å². The molecule has 2 amide bonds. The molecule has 0 aliphatic rings. The Labute approximate surface area is 102 Å². The number of carboxylic acids is 1. The van der Waals surface area contributed by atoms with Gasteiger partial charge in [0.1, 0.15) is 6.04 Å². The van der Waals surface area contributed by atoms with Crippen LogP contribution in [0.1, 0.15) is 12.8 Å². The van der Waals surface area contributed by atoms with E-state index in [1.807, 2.05) is 0 Å². The SMILES string of the molecule is CS(=O)CCCNC(=O)N[C@H](CCO)C(=O)O. The fourth-order valence-corrected chi connectivity index (χ4v) is 1.62. The lowest BCUT2D eigenvalue weighted by atomic mass is 10.2. The zero-order valence-electron chi connectivity index (χ0n) is 9.64. The van der Waals surface area contributed by atoms with Gasteiger partial charge in [0.05, 0.1) is 0 Å². The maximum atomic E-state index is 11.2. The molecule has 0 aromatic carbocycles. The summed E-state index contributed by atoms with van der Waals surface area (Å²) >= 11 is 0. The van der Waals surface area contributed by atoms with Crippen LogP contribution in [-0.2, 0) is 15.6 Å². The second-order valence-corrected chi connectivity index (χ2v) is 4.99. The van der Waals surface area contributed by atoms with Crippen LogP contribution in [0.25, 0.3) is 0 Å². The van der Waals surface area contributed by atoms with Crippen LogP contribution in [0.2, 0.25) is 0 Å². The van der Waals surface area contributed by atoms with E-state index in [4.69, 9.17) is 10.2 Å². The number of amides is 2. The van der Waals surface area contributed by atoms with Crippen LogP contribution in [0.4, 0.5) is 4.79 Å². The van der Waals surface area contributed by atoms with Gasteiger partial charge < -0.3 is 20.8 Å². The summed E-state index contributed by atoms with van der Waals surface area (Å²) in [6.45, 7) is 0.0168. The minimum absolute atomic E-state index is 0.0400. The molecular weight excluding hydrogens is 248 g/mol. The molecule has 0 saturated carbocycles. The summed E-state index contributed by atoms with van der Waals surface area (Å²) in [7, 11) is -0.900. The summed E-state index contributed by atoms with van der Waals surface area (Å²) in [4.78, 5) is 21.9. The molecule has 17 heavy (non-hydrogen) atoms. The van der Waals surface area contributed by atoms with Crippen molar-refractivity contribution in [3.05, 3.63) is 0 Å². The number of aliphatic hydroxyl groups excluding tert-OH is 1. The molecule has 8 heteroatoms. The van der Waals surface area contributed by atoms with Crippen molar-refractivity contribution in [3.63, 3.8) is 0 Å². The van der Waals surface area contributed by atoms with E-state index >= 15 is 0 Å². The normalized spacial score (nSPS) is 13.8. The molecule has 0 rings (SSSR count). The van der Waals surface area contributed by atoms with Crippen molar-refractivity contribution in [2.45, 2.75) is 18.9 Å². The third-order valence-corrected chi connectivity index (χ3v) is 2.78. The highest BCUT2D eigenvalue weighted by Crippen LogP contribution is 1.91. The van der Waals surface area contributed by atoms with E-state index in [0.29, 0.717) is 18.7 Å². The lowest BCUT2D eigenvalue weighted by Crippen LogP contribution is -2.46. The number of urea groups is 1. The van der Waals surface area contributed by atoms with Crippen LogP contribution < -0.4 is 10.6 Å². The quantitative estimate of drug-likeness (QED) is 0.416. The van der Waals surface area contributed by atoms with Crippen molar-refractivity contribution in [1.82, 2.24) is 10.6 Å². The smallest absolute Gasteiger partial charge is 0.326 e. The molecule has 0 radical (unpaired) electrons. The Morgan fingerprint density at radius 3 is 2.53 bits per heavy atom. The van der Waals surface area contributed by atoms with E-state index in [1.165, 1.54) is 0 Å². The summed E-state index contributed by atoms with van der Waals surface area (Å²) in [6.07, 6.45) is 2.10. The van der Waals surface area contributed by atoms with E-state index in [0.717, 1.165) is 0 Å².